The summed E-state index contributed by atoms with van der Waals surface area (Å²) in [7, 11) is -10.8. The monoisotopic (exact) mass is 1060 g/mol. The Hall–Kier alpha value is -3.52. The molecule has 0 amide bonds. The van der Waals surface area contributed by atoms with Crippen molar-refractivity contribution in [2.75, 3.05) is 0 Å². The first-order valence-electron chi connectivity index (χ1n) is 20.3. The van der Waals surface area contributed by atoms with Crippen molar-refractivity contribution in [3.05, 3.63) is 176 Å². The molecular formula is C48H54O14P2Ti3. The molecule has 0 fully saturated rings. The van der Waals surface area contributed by atoms with Crippen molar-refractivity contribution in [1.82, 2.24) is 0 Å². The molecule has 0 saturated heterocycles. The zero-order valence-corrected chi connectivity index (χ0v) is 46.0. The van der Waals surface area contributed by atoms with Crippen molar-refractivity contribution in [1.29, 1.82) is 0 Å². The van der Waals surface area contributed by atoms with Gasteiger partial charge in [0.15, 0.2) is 0 Å². The predicted octanol–water partition coefficient (Wildman–Crippen LogP) is 7.22. The number of rotatable bonds is 12. The van der Waals surface area contributed by atoms with Crippen LogP contribution in [-0.2, 0) is 68.9 Å². The molecule has 0 atom stereocenters. The number of benzene rings is 6. The van der Waals surface area contributed by atoms with Gasteiger partial charge >= 0.3 is 373 Å². The summed E-state index contributed by atoms with van der Waals surface area (Å²) in [6, 6.07) is 37.2. The minimum atomic E-state index is -5.39. The Morgan fingerprint density at radius 2 is 0.403 bits per heavy atom. The fraction of sp³-hybridized carbons (Fsp3) is 0.250. The number of phosphoric acid groups is 2. The third kappa shape index (κ3) is 26.7. The first-order chi connectivity index (χ1) is 31.2. The van der Waals surface area contributed by atoms with Gasteiger partial charge in [-0.05, 0) is 0 Å². The molecule has 0 bridgehead atoms. The SMILES string of the molecule is Cc1ccc([O][Ti+2][O]c2ccc(C)cc2C)c(C)c1.Cc1ccc([O][Ti+2][O]c2ccc(C)cc2C)c(C)c1.Cc1ccc([O][Ti+2][O]c2ccc(C)cc2C)c(C)c1.O=P([O-])([O-])[O-].O=P([O-])([O-])[O-]. The van der Waals surface area contributed by atoms with Crippen LogP contribution in [-0.4, -0.2) is 0 Å². The molecule has 0 aliphatic heterocycles. The van der Waals surface area contributed by atoms with Gasteiger partial charge in [0.1, 0.15) is 0 Å². The largest absolute Gasteiger partial charge is 0.822 e. The van der Waals surface area contributed by atoms with Crippen molar-refractivity contribution < 1.29 is 118 Å². The van der Waals surface area contributed by atoms with Gasteiger partial charge in [0.05, 0.1) is 0 Å². The van der Waals surface area contributed by atoms with Crippen molar-refractivity contribution in [2.24, 2.45) is 0 Å². The van der Waals surface area contributed by atoms with Gasteiger partial charge in [-0.1, -0.05) is 0 Å². The predicted molar refractivity (Wildman–Crippen MR) is 234 cm³/mol. The molecule has 352 valence electrons. The Labute approximate surface area is 424 Å². The van der Waals surface area contributed by atoms with Crippen LogP contribution in [0, 0.1) is 83.1 Å². The quantitative estimate of drug-likeness (QED) is 0.0871. The molecule has 0 spiro atoms. The Bertz CT molecular complexity index is 2160. The van der Waals surface area contributed by atoms with E-state index >= 15 is 0 Å². The van der Waals surface area contributed by atoms with E-state index in [9.17, 15) is 0 Å². The molecule has 6 aromatic rings. The third-order valence-electron chi connectivity index (χ3n) is 8.89. The van der Waals surface area contributed by atoms with Gasteiger partial charge in [-0.3, -0.25) is 0 Å². The van der Waals surface area contributed by atoms with E-state index in [1.807, 2.05) is 36.4 Å². The summed E-state index contributed by atoms with van der Waals surface area (Å²) in [6.45, 7) is 24.9. The molecule has 19 heteroatoms. The molecule has 0 aliphatic carbocycles. The second-order valence-electron chi connectivity index (χ2n) is 15.4. The standard InChI is InChI=1S/6C8H10O.2H3O4P.3Ti/c6*1-6-3-4-8(9)7(2)5-6;2*1-5(2,3)4;;;/h6*3-5,9H,1-2H3;2*(H3,1,2,3,4);;;/q;;;;;;;;3*+4/p-12. The van der Waals surface area contributed by atoms with E-state index in [1.54, 1.807) is 0 Å². The Morgan fingerprint density at radius 1 is 0.284 bits per heavy atom. The van der Waals surface area contributed by atoms with Crippen LogP contribution in [0.1, 0.15) is 66.8 Å². The van der Waals surface area contributed by atoms with E-state index in [2.05, 4.69) is 156 Å². The third-order valence-corrected chi connectivity index (χ3v) is 11.7. The summed E-state index contributed by atoms with van der Waals surface area (Å²) >= 11 is -2.77. The molecule has 0 aliphatic rings. The average molecular weight is 1060 g/mol. The molecule has 6 aromatic carbocycles. The molecule has 6 rings (SSSR count). The van der Waals surface area contributed by atoms with Gasteiger partial charge in [-0.25, -0.2) is 0 Å². The summed E-state index contributed by atoms with van der Waals surface area (Å²) in [5, 5.41) is 0. The van der Waals surface area contributed by atoms with Crippen LogP contribution in [0.25, 0.3) is 0 Å². The summed E-state index contributed by atoms with van der Waals surface area (Å²) in [4.78, 5) is 51.3. The smallest absolute Gasteiger partial charge is 0.159 e. The number of hydrogen-bond acceptors (Lipinski definition) is 14. The molecule has 67 heavy (non-hydrogen) atoms. The first-order valence-corrected chi connectivity index (χ1v) is 27.1. The average Bonchev–Trinajstić information content (AvgIpc) is 3.19. The number of hydrogen-bond donors (Lipinski definition) is 0. The van der Waals surface area contributed by atoms with Crippen LogP contribution in [0.4, 0.5) is 0 Å². The van der Waals surface area contributed by atoms with Crippen molar-refractivity contribution in [3.8, 4) is 34.5 Å². The second-order valence-corrected chi connectivity index (χ2v) is 19.9. The molecular weight excluding hydrogens is 1010 g/mol. The number of aryl methyl sites for hydroxylation is 12. The van der Waals surface area contributed by atoms with Crippen molar-refractivity contribution in [2.45, 2.75) is 83.1 Å². The molecule has 0 radical (unpaired) electrons. The van der Waals surface area contributed by atoms with E-state index in [4.69, 9.17) is 58.4 Å². The molecule has 0 heterocycles. The summed E-state index contributed by atoms with van der Waals surface area (Å²) < 4.78 is 51.8. The summed E-state index contributed by atoms with van der Waals surface area (Å²) in [6.07, 6.45) is 0. The van der Waals surface area contributed by atoms with Crippen LogP contribution < -0.4 is 49.3 Å². The molecule has 0 unspecified atom stereocenters. The van der Waals surface area contributed by atoms with Crippen LogP contribution in [0.2, 0.25) is 0 Å². The Morgan fingerprint density at radius 3 is 0.507 bits per heavy atom. The summed E-state index contributed by atoms with van der Waals surface area (Å²) in [5.41, 5.74) is 14.5. The fourth-order valence-corrected chi connectivity index (χ4v) is 9.00. The maximum Gasteiger partial charge on any atom is -0.159 e. The zero-order chi connectivity index (χ0) is 50.5. The maximum atomic E-state index is 8.55. The van der Waals surface area contributed by atoms with E-state index in [0.717, 1.165) is 67.9 Å². The van der Waals surface area contributed by atoms with Gasteiger partial charge in [0, 0.05) is 0 Å². The van der Waals surface area contributed by atoms with E-state index < -0.39 is 75.4 Å². The molecule has 0 aromatic heterocycles. The van der Waals surface area contributed by atoms with Gasteiger partial charge in [0.2, 0.25) is 0 Å². The summed E-state index contributed by atoms with van der Waals surface area (Å²) in [5.74, 6) is 5.56. The van der Waals surface area contributed by atoms with Crippen molar-refractivity contribution >= 4 is 15.6 Å². The minimum absolute atomic E-state index is 0.924. The normalized spacial score (nSPS) is 10.2. The van der Waals surface area contributed by atoms with E-state index in [-0.39, 0.29) is 0 Å². The van der Waals surface area contributed by atoms with Gasteiger partial charge in [-0.2, -0.15) is 15.6 Å². The van der Waals surface area contributed by atoms with Crippen LogP contribution >= 0.6 is 15.6 Å². The molecule has 0 N–H and O–H groups in total. The Balaban J connectivity index is 0.000000313. The minimum Gasteiger partial charge on any atom is -0.822 e. The fourth-order valence-electron chi connectivity index (χ4n) is 5.81. The zero-order valence-electron chi connectivity index (χ0n) is 39.5. The van der Waals surface area contributed by atoms with Gasteiger partial charge in [0.25, 0.3) is 0 Å². The molecule has 14 nitrogen and oxygen atoms in total. The van der Waals surface area contributed by atoms with Gasteiger partial charge in [-0.15, -0.1) is 0 Å². The Kier molecular flexibility index (Phi) is 26.2. The van der Waals surface area contributed by atoms with Gasteiger partial charge < -0.3 is 38.5 Å². The van der Waals surface area contributed by atoms with Crippen LogP contribution in [0.15, 0.2) is 109 Å². The topological polar surface area (TPSA) is 228 Å². The maximum absolute atomic E-state index is 8.55. The van der Waals surface area contributed by atoms with E-state index in [0.29, 0.717) is 0 Å². The molecule has 0 saturated carbocycles. The van der Waals surface area contributed by atoms with E-state index in [1.165, 1.54) is 33.4 Å². The van der Waals surface area contributed by atoms with Crippen LogP contribution in [0.5, 0.6) is 34.5 Å². The first kappa shape index (κ1) is 59.6. The second kappa shape index (κ2) is 29.5. The van der Waals surface area contributed by atoms with Crippen molar-refractivity contribution in [3.63, 3.8) is 0 Å². The van der Waals surface area contributed by atoms with Crippen LogP contribution in [0.3, 0.4) is 0 Å².